The zero-order chi connectivity index (χ0) is 17.1. The lowest BCUT2D eigenvalue weighted by Gasteiger charge is -2.14. The number of phenolic OH excluding ortho intramolecular Hbond substituents is 3. The molecule has 0 aliphatic heterocycles. The van der Waals surface area contributed by atoms with Crippen molar-refractivity contribution in [3.8, 4) is 23.0 Å². The second-order valence-corrected chi connectivity index (χ2v) is 4.56. The average Bonchev–Trinajstić information content (AvgIpc) is 2.52. The summed E-state index contributed by atoms with van der Waals surface area (Å²) < 4.78 is 9.63. The van der Waals surface area contributed by atoms with Gasteiger partial charge in [0, 0.05) is 6.07 Å². The van der Waals surface area contributed by atoms with Crippen LogP contribution in [0, 0.1) is 0 Å². The summed E-state index contributed by atoms with van der Waals surface area (Å²) in [5, 5.41) is 29.3. The van der Waals surface area contributed by atoms with Gasteiger partial charge in [-0.2, -0.15) is 0 Å². The van der Waals surface area contributed by atoms with E-state index in [1.165, 1.54) is 25.3 Å². The van der Waals surface area contributed by atoms with E-state index in [1.807, 2.05) is 0 Å². The predicted octanol–water partition coefficient (Wildman–Crippen LogP) is 1.83. The fraction of sp³-hybridized carbons (Fsp3) is 0.125. The number of carbonyl (C=O) groups is 2. The van der Waals surface area contributed by atoms with E-state index in [-0.39, 0.29) is 28.2 Å². The van der Waals surface area contributed by atoms with Gasteiger partial charge in [-0.15, -0.1) is 0 Å². The van der Waals surface area contributed by atoms with Crippen LogP contribution in [0.15, 0.2) is 30.3 Å². The van der Waals surface area contributed by atoms with E-state index in [2.05, 4.69) is 4.74 Å². The molecular weight excluding hydrogens is 304 g/mol. The number of methoxy groups -OCH3 is 2. The van der Waals surface area contributed by atoms with Crippen molar-refractivity contribution < 1.29 is 34.4 Å². The standard InChI is InChI=1S/C16H14O7/c1-22-12-7-8(17)6-9(16(21)23-2)13(12)15(20)14-10(18)4-3-5-11(14)19/h3-7,17-19H,1-2H3. The minimum atomic E-state index is -0.877. The molecule has 0 fully saturated rings. The van der Waals surface area contributed by atoms with E-state index in [1.54, 1.807) is 0 Å². The van der Waals surface area contributed by atoms with Gasteiger partial charge < -0.3 is 24.8 Å². The number of carbonyl (C=O) groups excluding carboxylic acids is 2. The molecule has 120 valence electrons. The highest BCUT2D eigenvalue weighted by atomic mass is 16.5. The fourth-order valence-electron chi connectivity index (χ4n) is 2.15. The van der Waals surface area contributed by atoms with E-state index in [0.29, 0.717) is 0 Å². The minimum absolute atomic E-state index is 0.0990. The van der Waals surface area contributed by atoms with Crippen molar-refractivity contribution in [2.45, 2.75) is 0 Å². The molecule has 0 atom stereocenters. The van der Waals surface area contributed by atoms with E-state index >= 15 is 0 Å². The summed E-state index contributed by atoms with van der Waals surface area (Å²) in [7, 11) is 2.36. The van der Waals surface area contributed by atoms with E-state index in [9.17, 15) is 24.9 Å². The van der Waals surface area contributed by atoms with Crippen LogP contribution >= 0.6 is 0 Å². The van der Waals surface area contributed by atoms with Crippen molar-refractivity contribution in [1.29, 1.82) is 0 Å². The summed E-state index contributed by atoms with van der Waals surface area (Å²) in [5.41, 5.74) is -0.882. The SMILES string of the molecule is COC(=O)c1cc(O)cc(OC)c1C(=O)c1c(O)cccc1O. The van der Waals surface area contributed by atoms with Crippen LogP contribution in [-0.2, 0) is 4.74 Å². The third kappa shape index (κ3) is 2.89. The van der Waals surface area contributed by atoms with Gasteiger partial charge in [-0.05, 0) is 18.2 Å². The Morgan fingerprint density at radius 1 is 0.957 bits per heavy atom. The molecule has 0 radical (unpaired) electrons. The van der Waals surface area contributed by atoms with Crippen molar-refractivity contribution in [2.75, 3.05) is 14.2 Å². The molecule has 0 heterocycles. The molecule has 0 aromatic heterocycles. The summed E-state index contributed by atoms with van der Waals surface area (Å²) >= 11 is 0. The Morgan fingerprint density at radius 2 is 1.57 bits per heavy atom. The minimum Gasteiger partial charge on any atom is -0.508 e. The number of ether oxygens (including phenoxy) is 2. The van der Waals surface area contributed by atoms with Crippen LogP contribution in [0.3, 0.4) is 0 Å². The van der Waals surface area contributed by atoms with Crippen LogP contribution in [0.2, 0.25) is 0 Å². The topological polar surface area (TPSA) is 113 Å². The first-order valence-corrected chi connectivity index (χ1v) is 6.45. The summed E-state index contributed by atoms with van der Waals surface area (Å²) in [6, 6.07) is 5.97. The zero-order valence-electron chi connectivity index (χ0n) is 12.4. The molecule has 0 aliphatic rings. The maximum Gasteiger partial charge on any atom is 0.338 e. The Hall–Kier alpha value is -3.22. The van der Waals surface area contributed by atoms with Crippen LogP contribution in [0.1, 0.15) is 26.3 Å². The summed E-state index contributed by atoms with van der Waals surface area (Å²) in [6.45, 7) is 0. The fourth-order valence-corrected chi connectivity index (χ4v) is 2.15. The lowest BCUT2D eigenvalue weighted by Crippen LogP contribution is -2.13. The molecular formula is C16H14O7. The third-order valence-corrected chi connectivity index (χ3v) is 3.19. The smallest absolute Gasteiger partial charge is 0.338 e. The number of hydrogen-bond donors (Lipinski definition) is 3. The quantitative estimate of drug-likeness (QED) is 0.582. The molecule has 23 heavy (non-hydrogen) atoms. The average molecular weight is 318 g/mol. The Labute approximate surface area is 131 Å². The van der Waals surface area contributed by atoms with Gasteiger partial charge in [0.15, 0.2) is 0 Å². The predicted molar refractivity (Wildman–Crippen MR) is 79.2 cm³/mol. The van der Waals surface area contributed by atoms with Crippen molar-refractivity contribution >= 4 is 11.8 Å². The second-order valence-electron chi connectivity index (χ2n) is 4.56. The maximum absolute atomic E-state index is 12.7. The molecule has 2 aromatic rings. The number of esters is 1. The van der Waals surface area contributed by atoms with Crippen LogP contribution in [0.4, 0.5) is 0 Å². The third-order valence-electron chi connectivity index (χ3n) is 3.19. The van der Waals surface area contributed by atoms with Gasteiger partial charge in [-0.1, -0.05) is 6.07 Å². The van der Waals surface area contributed by atoms with E-state index in [0.717, 1.165) is 19.2 Å². The molecule has 7 nitrogen and oxygen atoms in total. The lowest BCUT2D eigenvalue weighted by molar-refractivity contribution is 0.0596. The molecule has 0 unspecified atom stereocenters. The van der Waals surface area contributed by atoms with Crippen molar-refractivity contribution in [3.05, 3.63) is 47.0 Å². The first-order valence-electron chi connectivity index (χ1n) is 6.45. The zero-order valence-corrected chi connectivity index (χ0v) is 12.4. The van der Waals surface area contributed by atoms with Gasteiger partial charge in [0.1, 0.15) is 28.6 Å². The van der Waals surface area contributed by atoms with Gasteiger partial charge in [0.25, 0.3) is 0 Å². The number of hydrogen-bond acceptors (Lipinski definition) is 7. The highest BCUT2D eigenvalue weighted by Crippen LogP contribution is 2.35. The van der Waals surface area contributed by atoms with Crippen LogP contribution in [0.25, 0.3) is 0 Å². The van der Waals surface area contributed by atoms with E-state index in [4.69, 9.17) is 4.74 Å². The van der Waals surface area contributed by atoms with Crippen molar-refractivity contribution in [3.63, 3.8) is 0 Å². The summed E-state index contributed by atoms with van der Waals surface area (Å²) in [5.74, 6) is -3.05. The first-order chi connectivity index (χ1) is 10.9. The van der Waals surface area contributed by atoms with Crippen molar-refractivity contribution in [2.24, 2.45) is 0 Å². The highest BCUT2D eigenvalue weighted by Gasteiger charge is 2.28. The van der Waals surface area contributed by atoms with Crippen LogP contribution < -0.4 is 4.74 Å². The first kappa shape index (κ1) is 16.2. The molecule has 0 saturated heterocycles. The molecule has 0 spiro atoms. The largest absolute Gasteiger partial charge is 0.508 e. The second kappa shape index (κ2) is 6.27. The number of aromatic hydroxyl groups is 3. The van der Waals surface area contributed by atoms with E-state index < -0.39 is 23.3 Å². The summed E-state index contributed by atoms with van der Waals surface area (Å²) in [6.07, 6.45) is 0. The Kier molecular flexibility index (Phi) is 4.40. The van der Waals surface area contributed by atoms with Gasteiger partial charge in [-0.3, -0.25) is 4.79 Å². The molecule has 0 amide bonds. The monoisotopic (exact) mass is 318 g/mol. The van der Waals surface area contributed by atoms with Crippen molar-refractivity contribution in [1.82, 2.24) is 0 Å². The molecule has 2 aromatic carbocycles. The maximum atomic E-state index is 12.7. The van der Waals surface area contributed by atoms with Gasteiger partial charge >= 0.3 is 5.97 Å². The molecule has 0 bridgehead atoms. The Balaban J connectivity index is 2.75. The highest BCUT2D eigenvalue weighted by molar-refractivity contribution is 6.18. The van der Waals surface area contributed by atoms with Crippen LogP contribution in [-0.4, -0.2) is 41.3 Å². The normalized spacial score (nSPS) is 10.2. The van der Waals surface area contributed by atoms with Gasteiger partial charge in [-0.25, -0.2) is 4.79 Å². The molecule has 0 aliphatic carbocycles. The molecule has 2 rings (SSSR count). The molecule has 7 heteroatoms. The van der Waals surface area contributed by atoms with Gasteiger partial charge in [0.05, 0.1) is 25.3 Å². The Morgan fingerprint density at radius 3 is 2.09 bits per heavy atom. The summed E-state index contributed by atoms with van der Waals surface area (Å²) in [4.78, 5) is 24.6. The lowest BCUT2D eigenvalue weighted by atomic mass is 9.95. The number of ketones is 1. The molecule has 0 saturated carbocycles. The Bertz CT molecular complexity index is 760. The number of phenols is 3. The number of benzene rings is 2. The van der Waals surface area contributed by atoms with Crippen LogP contribution in [0.5, 0.6) is 23.0 Å². The number of rotatable bonds is 4. The molecule has 3 N–H and O–H groups in total. The van der Waals surface area contributed by atoms with Gasteiger partial charge in [0.2, 0.25) is 5.78 Å².